The summed E-state index contributed by atoms with van der Waals surface area (Å²) in [5, 5.41) is 42.1. The first kappa shape index (κ1) is 21.5. The van der Waals surface area contributed by atoms with Crippen molar-refractivity contribution in [1.82, 2.24) is 0 Å². The van der Waals surface area contributed by atoms with Gasteiger partial charge in [0.25, 0.3) is 0 Å². The third-order valence-electron chi connectivity index (χ3n) is 9.35. The molecule has 4 N–H and O–H groups in total. The number of carbonyl (C=O) groups is 3. The van der Waals surface area contributed by atoms with Gasteiger partial charge in [-0.25, -0.2) is 0 Å². The van der Waals surface area contributed by atoms with E-state index in [-0.39, 0.29) is 36.4 Å². The van der Waals surface area contributed by atoms with E-state index in [1.807, 2.05) is 6.92 Å². The van der Waals surface area contributed by atoms with E-state index in [1.54, 1.807) is 6.08 Å². The highest BCUT2D eigenvalue weighted by Gasteiger charge is 2.68. The zero-order valence-electron chi connectivity index (χ0n) is 17.6. The molecule has 8 atom stereocenters. The van der Waals surface area contributed by atoms with E-state index in [1.165, 1.54) is 0 Å². The fraction of sp³-hybridized carbons (Fsp3) is 0.783. The summed E-state index contributed by atoms with van der Waals surface area (Å²) in [6.07, 6.45) is 3.41. The average molecular weight is 421 g/mol. The maximum Gasteiger partial charge on any atom is 0.307 e. The van der Waals surface area contributed by atoms with E-state index in [4.69, 9.17) is 5.11 Å². The highest BCUT2D eigenvalue weighted by Crippen LogP contribution is 2.69. The van der Waals surface area contributed by atoms with E-state index in [9.17, 15) is 29.7 Å². The summed E-state index contributed by atoms with van der Waals surface area (Å²) in [6.45, 7) is 3.96. The van der Waals surface area contributed by atoms with Gasteiger partial charge in [-0.15, -0.1) is 0 Å². The molecule has 0 amide bonds. The van der Waals surface area contributed by atoms with Gasteiger partial charge >= 0.3 is 11.9 Å². The largest absolute Gasteiger partial charge is 0.481 e. The van der Waals surface area contributed by atoms with E-state index in [2.05, 4.69) is 6.92 Å². The van der Waals surface area contributed by atoms with Gasteiger partial charge in [0.05, 0.1) is 17.6 Å². The molecule has 0 aromatic rings. The summed E-state index contributed by atoms with van der Waals surface area (Å²) in [5.74, 6) is -3.31. The maximum atomic E-state index is 12.3. The van der Waals surface area contributed by atoms with Crippen LogP contribution in [-0.4, -0.2) is 49.9 Å². The number of fused-ring (bicyclic) bond motifs is 5. The molecule has 3 fully saturated rings. The Morgan fingerprint density at radius 1 is 1.20 bits per heavy atom. The SMILES string of the molecule is C[C@]12CCC(=O)C=C1CC(C(=O)O)[C@@H]1[C@@H]2C(O)C[C@@]2(C)[C@H]1CC[C@]2(O)CCC(=O)O. The first-order chi connectivity index (χ1) is 13.9. The molecule has 2 unspecified atom stereocenters. The lowest BCUT2D eigenvalue weighted by Crippen LogP contribution is -2.62. The molecule has 7 heteroatoms. The monoisotopic (exact) mass is 420 g/mol. The van der Waals surface area contributed by atoms with Crippen molar-refractivity contribution in [2.75, 3.05) is 0 Å². The molecule has 0 spiro atoms. The van der Waals surface area contributed by atoms with Crippen LogP contribution in [0.25, 0.3) is 0 Å². The molecule has 3 saturated carbocycles. The van der Waals surface area contributed by atoms with Crippen LogP contribution in [0.1, 0.15) is 65.2 Å². The molecule has 0 aliphatic heterocycles. The highest BCUT2D eigenvalue weighted by atomic mass is 16.4. The minimum Gasteiger partial charge on any atom is -0.481 e. The third-order valence-corrected chi connectivity index (χ3v) is 9.35. The zero-order valence-corrected chi connectivity index (χ0v) is 17.6. The van der Waals surface area contributed by atoms with Crippen molar-refractivity contribution in [2.24, 2.45) is 34.5 Å². The van der Waals surface area contributed by atoms with Crippen molar-refractivity contribution in [1.29, 1.82) is 0 Å². The van der Waals surface area contributed by atoms with Gasteiger partial charge in [-0.1, -0.05) is 19.4 Å². The van der Waals surface area contributed by atoms with Crippen LogP contribution in [0.15, 0.2) is 11.6 Å². The number of carbonyl (C=O) groups excluding carboxylic acids is 1. The summed E-state index contributed by atoms with van der Waals surface area (Å²) >= 11 is 0. The lowest BCUT2D eigenvalue weighted by molar-refractivity contribution is -0.192. The van der Waals surface area contributed by atoms with Crippen LogP contribution >= 0.6 is 0 Å². The highest BCUT2D eigenvalue weighted by molar-refractivity contribution is 5.92. The molecule has 30 heavy (non-hydrogen) atoms. The Hall–Kier alpha value is -1.73. The van der Waals surface area contributed by atoms with E-state index in [0.29, 0.717) is 38.5 Å². The van der Waals surface area contributed by atoms with Gasteiger partial charge in [0.2, 0.25) is 0 Å². The fourth-order valence-electron chi connectivity index (χ4n) is 7.75. The van der Waals surface area contributed by atoms with E-state index < -0.39 is 40.4 Å². The van der Waals surface area contributed by atoms with Crippen molar-refractivity contribution in [3.05, 3.63) is 11.6 Å². The van der Waals surface area contributed by atoms with Crippen LogP contribution in [0.4, 0.5) is 0 Å². The average Bonchev–Trinajstić information content (AvgIpc) is 2.91. The lowest BCUT2D eigenvalue weighted by atomic mass is 9.43. The first-order valence-corrected chi connectivity index (χ1v) is 11.0. The van der Waals surface area contributed by atoms with Crippen LogP contribution in [0.5, 0.6) is 0 Å². The lowest BCUT2D eigenvalue weighted by Gasteiger charge is -2.62. The number of allylic oxidation sites excluding steroid dienone is 1. The third kappa shape index (κ3) is 2.88. The number of ketones is 1. The summed E-state index contributed by atoms with van der Waals surface area (Å²) < 4.78 is 0. The Balaban J connectivity index is 1.77. The molecule has 4 rings (SSSR count). The number of aliphatic hydroxyl groups excluding tert-OH is 1. The standard InChI is InChI=1S/C23H32O7/c1-21-6-3-13(24)9-12(21)10-14(20(28)29)18-15-4-7-23(30,8-5-17(26)27)22(15,2)11-16(25)19(18)21/h9,14-16,18-19,25,30H,3-8,10-11H2,1-2H3,(H,26,27)(H,28,29)/t14?,15-,16?,18-,19-,21-,22-,23-/m0/s1. The Labute approximate surface area is 176 Å². The molecule has 4 aliphatic carbocycles. The van der Waals surface area contributed by atoms with Crippen LogP contribution < -0.4 is 0 Å². The Kier molecular flexibility index (Phi) is 4.94. The molecule has 0 bridgehead atoms. The van der Waals surface area contributed by atoms with Gasteiger partial charge in [-0.05, 0) is 67.8 Å². The summed E-state index contributed by atoms with van der Waals surface area (Å²) in [7, 11) is 0. The van der Waals surface area contributed by atoms with Crippen molar-refractivity contribution in [3.8, 4) is 0 Å². The van der Waals surface area contributed by atoms with Crippen molar-refractivity contribution in [3.63, 3.8) is 0 Å². The van der Waals surface area contributed by atoms with Gasteiger partial charge in [-0.2, -0.15) is 0 Å². The quantitative estimate of drug-likeness (QED) is 0.549. The number of carboxylic acids is 2. The molecule has 0 heterocycles. The normalized spacial score (nSPS) is 47.7. The molecular weight excluding hydrogens is 388 g/mol. The van der Waals surface area contributed by atoms with Crippen molar-refractivity contribution >= 4 is 17.7 Å². The topological polar surface area (TPSA) is 132 Å². The fourth-order valence-corrected chi connectivity index (χ4v) is 7.75. The Morgan fingerprint density at radius 2 is 1.90 bits per heavy atom. The van der Waals surface area contributed by atoms with Crippen LogP contribution in [0, 0.1) is 34.5 Å². The van der Waals surface area contributed by atoms with Crippen LogP contribution in [0.3, 0.4) is 0 Å². The molecule has 0 radical (unpaired) electrons. The Morgan fingerprint density at radius 3 is 2.53 bits per heavy atom. The molecule has 166 valence electrons. The van der Waals surface area contributed by atoms with Gasteiger partial charge in [0.1, 0.15) is 0 Å². The molecule has 0 aromatic carbocycles. The number of hydrogen-bond acceptors (Lipinski definition) is 5. The molecule has 4 aliphatic rings. The summed E-state index contributed by atoms with van der Waals surface area (Å²) in [6, 6.07) is 0. The van der Waals surface area contributed by atoms with E-state index >= 15 is 0 Å². The molecule has 0 aromatic heterocycles. The van der Waals surface area contributed by atoms with Crippen LogP contribution in [0.2, 0.25) is 0 Å². The van der Waals surface area contributed by atoms with Gasteiger partial charge < -0.3 is 20.4 Å². The second-order valence-corrected chi connectivity index (χ2v) is 10.6. The second kappa shape index (κ2) is 6.89. The number of aliphatic carboxylic acids is 2. The first-order valence-electron chi connectivity index (χ1n) is 11.0. The second-order valence-electron chi connectivity index (χ2n) is 10.6. The predicted molar refractivity (Wildman–Crippen MR) is 106 cm³/mol. The number of carboxylic acid groups (broad SMARTS) is 2. The summed E-state index contributed by atoms with van der Waals surface area (Å²) in [4.78, 5) is 35.5. The Bertz CT molecular complexity index is 818. The number of rotatable bonds is 4. The van der Waals surface area contributed by atoms with Crippen molar-refractivity contribution in [2.45, 2.75) is 76.9 Å². The smallest absolute Gasteiger partial charge is 0.307 e. The van der Waals surface area contributed by atoms with Crippen LogP contribution in [-0.2, 0) is 14.4 Å². The van der Waals surface area contributed by atoms with Gasteiger partial charge in [-0.3, -0.25) is 14.4 Å². The molecule has 0 saturated heterocycles. The maximum absolute atomic E-state index is 12.3. The number of aliphatic hydroxyl groups is 2. The summed E-state index contributed by atoms with van der Waals surface area (Å²) in [5.41, 5.74) is -1.55. The number of hydrogen-bond donors (Lipinski definition) is 4. The van der Waals surface area contributed by atoms with Gasteiger partial charge in [0.15, 0.2) is 5.78 Å². The van der Waals surface area contributed by atoms with Crippen molar-refractivity contribution < 1.29 is 34.8 Å². The van der Waals surface area contributed by atoms with E-state index in [0.717, 1.165) is 5.57 Å². The molecular formula is C23H32O7. The minimum absolute atomic E-state index is 0.0177. The predicted octanol–water partition coefficient (Wildman–Crippen LogP) is 2.40. The minimum atomic E-state index is -1.23. The zero-order chi connectivity index (χ0) is 22.1. The molecule has 7 nitrogen and oxygen atoms in total. The van der Waals surface area contributed by atoms with Gasteiger partial charge in [0, 0.05) is 18.3 Å².